The standard InChI is InChI=1S/C17H11BrF4N2O/c18-9-5-6-11-15(14(9)20)24-12(7-10(19)16(24)23-11)8-3-1-2-4-13(8)25-17(21)22/h1-6,10,12,17H,7H2/t10-,12-/m1/s1. The predicted molar refractivity (Wildman–Crippen MR) is 87.1 cm³/mol. The Morgan fingerprint density at radius 1 is 1.20 bits per heavy atom. The van der Waals surface area contributed by atoms with Gasteiger partial charge < -0.3 is 9.30 Å². The molecule has 8 heteroatoms. The minimum atomic E-state index is -3.01. The smallest absolute Gasteiger partial charge is 0.387 e. The van der Waals surface area contributed by atoms with Crippen molar-refractivity contribution in [1.82, 2.24) is 9.55 Å². The van der Waals surface area contributed by atoms with Crippen molar-refractivity contribution >= 4 is 27.0 Å². The fourth-order valence-electron chi connectivity index (χ4n) is 3.31. The van der Waals surface area contributed by atoms with Gasteiger partial charge in [0.15, 0.2) is 12.0 Å². The van der Waals surface area contributed by atoms with Crippen LogP contribution >= 0.6 is 15.9 Å². The van der Waals surface area contributed by atoms with Crippen molar-refractivity contribution in [3.05, 3.63) is 58.1 Å². The highest BCUT2D eigenvalue weighted by Crippen LogP contribution is 2.46. The second-order valence-corrected chi connectivity index (χ2v) is 6.56. The molecule has 0 saturated carbocycles. The molecule has 0 amide bonds. The van der Waals surface area contributed by atoms with E-state index in [2.05, 4.69) is 25.7 Å². The van der Waals surface area contributed by atoms with Crippen molar-refractivity contribution in [2.24, 2.45) is 0 Å². The summed E-state index contributed by atoms with van der Waals surface area (Å²) in [5.74, 6) is -0.536. The number of imidazole rings is 1. The van der Waals surface area contributed by atoms with E-state index < -0.39 is 24.6 Å². The molecular weight excluding hydrogens is 404 g/mol. The molecule has 3 aromatic rings. The number of hydrogen-bond acceptors (Lipinski definition) is 2. The predicted octanol–water partition coefficient (Wildman–Crippen LogP) is 5.54. The van der Waals surface area contributed by atoms with Crippen molar-refractivity contribution in [3.63, 3.8) is 0 Å². The number of alkyl halides is 3. The van der Waals surface area contributed by atoms with E-state index in [4.69, 9.17) is 0 Å². The number of nitrogens with zero attached hydrogens (tertiary/aromatic N) is 2. The molecule has 4 rings (SSSR count). The molecular formula is C17H11BrF4N2O. The molecule has 1 aromatic heterocycles. The van der Waals surface area contributed by atoms with Crippen LogP contribution in [0.2, 0.25) is 0 Å². The monoisotopic (exact) mass is 414 g/mol. The van der Waals surface area contributed by atoms with E-state index in [-0.39, 0.29) is 28.0 Å². The first-order valence-corrected chi connectivity index (χ1v) is 8.30. The lowest BCUT2D eigenvalue weighted by atomic mass is 10.0. The number of hydrogen-bond donors (Lipinski definition) is 0. The molecule has 0 saturated heterocycles. The van der Waals surface area contributed by atoms with Gasteiger partial charge in [0.25, 0.3) is 0 Å². The van der Waals surface area contributed by atoms with E-state index in [0.717, 1.165) is 0 Å². The molecule has 2 aromatic carbocycles. The first-order chi connectivity index (χ1) is 12.0. The molecule has 130 valence electrons. The molecule has 0 bridgehead atoms. The molecule has 1 aliphatic heterocycles. The highest BCUT2D eigenvalue weighted by molar-refractivity contribution is 9.10. The molecule has 0 spiro atoms. The van der Waals surface area contributed by atoms with Gasteiger partial charge in [0.05, 0.1) is 16.0 Å². The van der Waals surface area contributed by atoms with Gasteiger partial charge in [0.2, 0.25) is 0 Å². The average molecular weight is 415 g/mol. The highest BCUT2D eigenvalue weighted by Gasteiger charge is 2.37. The molecule has 2 heterocycles. The zero-order valence-corrected chi connectivity index (χ0v) is 14.2. The van der Waals surface area contributed by atoms with Gasteiger partial charge in [-0.25, -0.2) is 13.8 Å². The largest absolute Gasteiger partial charge is 0.434 e. The minimum absolute atomic E-state index is 0.0200. The Balaban J connectivity index is 1.93. The first kappa shape index (κ1) is 16.4. The Kier molecular flexibility index (Phi) is 3.94. The summed E-state index contributed by atoms with van der Waals surface area (Å²) in [4.78, 5) is 4.18. The normalized spacial score (nSPS) is 19.6. The van der Waals surface area contributed by atoms with Crippen molar-refractivity contribution in [2.45, 2.75) is 25.2 Å². The van der Waals surface area contributed by atoms with Gasteiger partial charge in [0, 0.05) is 12.0 Å². The van der Waals surface area contributed by atoms with Crippen LogP contribution in [0.15, 0.2) is 40.9 Å². The van der Waals surface area contributed by atoms with Crippen LogP contribution in [-0.2, 0) is 0 Å². The summed E-state index contributed by atoms with van der Waals surface area (Å²) in [7, 11) is 0. The lowest BCUT2D eigenvalue weighted by Crippen LogP contribution is -2.11. The van der Waals surface area contributed by atoms with Gasteiger partial charge >= 0.3 is 6.61 Å². The van der Waals surface area contributed by atoms with Crippen LogP contribution in [0.1, 0.15) is 30.0 Å². The van der Waals surface area contributed by atoms with Gasteiger partial charge in [-0.2, -0.15) is 8.78 Å². The van der Waals surface area contributed by atoms with Crippen LogP contribution in [0, 0.1) is 5.82 Å². The van der Waals surface area contributed by atoms with E-state index in [1.807, 2.05) is 0 Å². The number of benzene rings is 2. The van der Waals surface area contributed by atoms with Crippen LogP contribution in [0.3, 0.4) is 0 Å². The van der Waals surface area contributed by atoms with Crippen molar-refractivity contribution in [1.29, 1.82) is 0 Å². The van der Waals surface area contributed by atoms with Crippen LogP contribution in [0.4, 0.5) is 17.6 Å². The molecule has 0 N–H and O–H groups in total. The summed E-state index contributed by atoms with van der Waals surface area (Å²) < 4.78 is 60.7. The van der Waals surface area contributed by atoms with Crippen LogP contribution < -0.4 is 4.74 Å². The summed E-state index contributed by atoms with van der Waals surface area (Å²) in [6, 6.07) is 8.55. The quantitative estimate of drug-likeness (QED) is 0.525. The zero-order valence-electron chi connectivity index (χ0n) is 12.6. The number of halogens is 5. The molecule has 0 unspecified atom stereocenters. The number of rotatable bonds is 3. The fraction of sp³-hybridized carbons (Fsp3) is 0.235. The van der Waals surface area contributed by atoms with Gasteiger partial charge in [-0.3, -0.25) is 0 Å². The third kappa shape index (κ3) is 2.59. The van der Waals surface area contributed by atoms with Crippen molar-refractivity contribution in [2.75, 3.05) is 0 Å². The van der Waals surface area contributed by atoms with Gasteiger partial charge in [-0.1, -0.05) is 18.2 Å². The number of aromatic nitrogens is 2. The molecule has 1 aliphatic rings. The maximum absolute atomic E-state index is 14.6. The van der Waals surface area contributed by atoms with E-state index in [9.17, 15) is 17.6 Å². The Morgan fingerprint density at radius 3 is 2.72 bits per heavy atom. The van der Waals surface area contributed by atoms with Gasteiger partial charge in [-0.15, -0.1) is 0 Å². The van der Waals surface area contributed by atoms with E-state index >= 15 is 0 Å². The van der Waals surface area contributed by atoms with E-state index in [1.165, 1.54) is 16.7 Å². The minimum Gasteiger partial charge on any atom is -0.434 e. The second kappa shape index (κ2) is 6.01. The lowest BCUT2D eigenvalue weighted by Gasteiger charge is -2.18. The third-order valence-corrected chi connectivity index (χ3v) is 4.90. The number of para-hydroxylation sites is 1. The van der Waals surface area contributed by atoms with E-state index in [1.54, 1.807) is 24.3 Å². The first-order valence-electron chi connectivity index (χ1n) is 7.51. The molecule has 2 atom stereocenters. The van der Waals surface area contributed by atoms with Gasteiger partial charge in [-0.05, 0) is 34.1 Å². The van der Waals surface area contributed by atoms with Gasteiger partial charge in [0.1, 0.15) is 17.1 Å². The Labute approximate surface area is 148 Å². The Hall–Kier alpha value is -2.09. The molecule has 3 nitrogen and oxygen atoms in total. The highest BCUT2D eigenvalue weighted by atomic mass is 79.9. The second-order valence-electron chi connectivity index (χ2n) is 5.70. The van der Waals surface area contributed by atoms with Crippen molar-refractivity contribution < 1.29 is 22.3 Å². The summed E-state index contributed by atoms with van der Waals surface area (Å²) in [5, 5.41) is 0. The van der Waals surface area contributed by atoms with Crippen LogP contribution in [0.25, 0.3) is 11.0 Å². The van der Waals surface area contributed by atoms with Crippen molar-refractivity contribution in [3.8, 4) is 5.75 Å². The Morgan fingerprint density at radius 2 is 1.96 bits per heavy atom. The molecule has 0 fully saturated rings. The summed E-state index contributed by atoms with van der Waals surface area (Å²) in [5.41, 5.74) is 0.819. The molecule has 0 aliphatic carbocycles. The molecule has 25 heavy (non-hydrogen) atoms. The van der Waals surface area contributed by atoms with Crippen LogP contribution in [-0.4, -0.2) is 16.2 Å². The maximum Gasteiger partial charge on any atom is 0.387 e. The number of fused-ring (bicyclic) bond motifs is 3. The average Bonchev–Trinajstić information content (AvgIpc) is 3.09. The third-order valence-electron chi connectivity index (χ3n) is 4.29. The summed E-state index contributed by atoms with van der Waals surface area (Å²) >= 11 is 3.11. The lowest BCUT2D eigenvalue weighted by molar-refractivity contribution is -0.0507. The number of ether oxygens (including phenoxy) is 1. The Bertz CT molecular complexity index is 959. The fourth-order valence-corrected chi connectivity index (χ4v) is 3.63. The van der Waals surface area contributed by atoms with E-state index in [0.29, 0.717) is 11.1 Å². The van der Waals surface area contributed by atoms with Crippen LogP contribution in [0.5, 0.6) is 5.75 Å². The zero-order chi connectivity index (χ0) is 17.7. The summed E-state index contributed by atoms with van der Waals surface area (Å²) in [6.45, 7) is -3.01. The maximum atomic E-state index is 14.6. The molecule has 0 radical (unpaired) electrons. The summed E-state index contributed by atoms with van der Waals surface area (Å²) in [6.07, 6.45) is -1.44. The SMILES string of the molecule is Fc1c(Br)ccc2nc3n(c12)[C@@H](c1ccccc1OC(F)F)C[C@H]3F. The topological polar surface area (TPSA) is 27.1 Å².